The monoisotopic (exact) mass is 889 g/mol. The Kier molecular flexibility index (Phi) is 13.3. The molecule has 8 rings (SSSR count). The Morgan fingerprint density at radius 2 is 1.50 bits per heavy atom. The van der Waals surface area contributed by atoms with Crippen LogP contribution in [0.15, 0.2) is 131 Å². The number of nitro groups is 1. The van der Waals surface area contributed by atoms with Gasteiger partial charge in [0.2, 0.25) is 0 Å². The van der Waals surface area contributed by atoms with E-state index in [9.17, 15) is 24.6 Å². The van der Waals surface area contributed by atoms with Crippen LogP contribution < -0.4 is 24.6 Å². The van der Waals surface area contributed by atoms with Crippen molar-refractivity contribution >= 4 is 69.3 Å². The smallest absolute Gasteiger partial charge is 0.298 e. The maximum atomic E-state index is 14.2. The molecule has 1 aliphatic heterocycles. The van der Waals surface area contributed by atoms with E-state index >= 15 is 0 Å². The van der Waals surface area contributed by atoms with Crippen molar-refractivity contribution in [2.24, 2.45) is 7.05 Å². The minimum Gasteiger partial charge on any atom is -0.588 e. The van der Waals surface area contributed by atoms with Crippen molar-refractivity contribution in [1.29, 1.82) is 0 Å². The number of amides is 1. The Hall–Kier alpha value is -5.64. The summed E-state index contributed by atoms with van der Waals surface area (Å²) in [6.45, 7) is 5.10. The predicted molar refractivity (Wildman–Crippen MR) is 252 cm³/mol. The minimum atomic E-state index is -1.73. The van der Waals surface area contributed by atoms with Crippen LogP contribution in [-0.4, -0.2) is 63.4 Å². The van der Waals surface area contributed by atoms with Gasteiger partial charge in [0.1, 0.15) is 17.0 Å². The second kappa shape index (κ2) is 19.2. The zero-order valence-electron chi connectivity index (χ0n) is 34.4. The van der Waals surface area contributed by atoms with Crippen molar-refractivity contribution in [3.05, 3.63) is 148 Å². The van der Waals surface area contributed by atoms with E-state index in [2.05, 4.69) is 53.4 Å². The summed E-state index contributed by atoms with van der Waals surface area (Å²) in [7, 11) is 2.00. The molecule has 6 aromatic rings. The van der Waals surface area contributed by atoms with Crippen LogP contribution in [0.25, 0.3) is 22.4 Å². The van der Waals surface area contributed by atoms with Gasteiger partial charge in [-0.25, -0.2) is 4.72 Å². The molecule has 0 bridgehead atoms. The number of aliphatic hydroxyl groups is 1. The van der Waals surface area contributed by atoms with Crippen LogP contribution in [-0.2, 0) is 18.4 Å². The van der Waals surface area contributed by atoms with Gasteiger partial charge in [0, 0.05) is 71.8 Å². The summed E-state index contributed by atoms with van der Waals surface area (Å²) >= 11 is 5.85. The van der Waals surface area contributed by atoms with Gasteiger partial charge in [-0.05, 0) is 128 Å². The van der Waals surface area contributed by atoms with Gasteiger partial charge in [-0.3, -0.25) is 14.9 Å². The van der Waals surface area contributed by atoms with Crippen molar-refractivity contribution in [3.8, 4) is 22.4 Å². The van der Waals surface area contributed by atoms with Gasteiger partial charge in [0.15, 0.2) is 4.90 Å². The summed E-state index contributed by atoms with van der Waals surface area (Å²) in [6, 6.07) is 37.9. The second-order valence-corrected chi connectivity index (χ2v) is 18.2. The summed E-state index contributed by atoms with van der Waals surface area (Å²) < 4.78 is 21.4. The molecule has 15 heteroatoms. The molecule has 4 N–H and O–H groups in total. The van der Waals surface area contributed by atoms with Crippen LogP contribution in [0.1, 0.15) is 41.7 Å². The molecule has 1 unspecified atom stereocenters. The maximum absolute atomic E-state index is 14.2. The zero-order valence-corrected chi connectivity index (χ0v) is 36.8. The fourth-order valence-corrected chi connectivity index (χ4v) is 9.94. The second-order valence-electron chi connectivity index (χ2n) is 15.6. The van der Waals surface area contributed by atoms with E-state index in [4.69, 9.17) is 11.6 Å². The third kappa shape index (κ3) is 9.69. The molecule has 320 valence electrons. The van der Waals surface area contributed by atoms with Crippen LogP contribution in [0.2, 0.25) is 5.02 Å². The number of anilines is 4. The standard InChI is InChI=1S/C47H48ClN7O5S2/c1-31-44(47(57)49-35-17-21-39(56)22-18-35)45(46(52(31)2)32-11-13-34(48)14-12-32)33-7-6-8-38(29-33)54-27-25-53(26-28-54)37-19-15-36(16-20-37)51-62(60)41-23-24-42(43(30-41)55(58)59)50-61-40-9-4-3-5-10-40/h3-16,19-20,23-24,29-30,35,39,50-51,56H,17-18,21-22,25-28H2,1-2H3,(H,49,57). The van der Waals surface area contributed by atoms with E-state index in [1.165, 1.54) is 18.0 Å². The zero-order chi connectivity index (χ0) is 43.3. The van der Waals surface area contributed by atoms with Gasteiger partial charge in [-0.15, -0.1) is 0 Å². The molecule has 2 aliphatic rings. The van der Waals surface area contributed by atoms with Crippen LogP contribution in [0.3, 0.4) is 0 Å². The first-order valence-electron chi connectivity index (χ1n) is 20.6. The number of aliphatic hydroxyl groups excluding tert-OH is 1. The number of nitrogens with zero attached hydrogens (tertiary/aromatic N) is 4. The number of carbonyl (C=O) groups excluding carboxylic acids is 1. The molecule has 0 spiro atoms. The van der Waals surface area contributed by atoms with Crippen molar-refractivity contribution in [2.45, 2.75) is 54.5 Å². The summed E-state index contributed by atoms with van der Waals surface area (Å²) in [4.78, 5) is 31.5. The number of hydrogen-bond donors (Lipinski definition) is 4. The highest BCUT2D eigenvalue weighted by atomic mass is 35.5. The van der Waals surface area contributed by atoms with Gasteiger partial charge < -0.3 is 34.1 Å². The molecule has 1 atom stereocenters. The number of carbonyl (C=O) groups is 1. The molecule has 2 heterocycles. The van der Waals surface area contributed by atoms with Gasteiger partial charge in [-0.1, -0.05) is 54.1 Å². The minimum absolute atomic E-state index is 0.0127. The van der Waals surface area contributed by atoms with Crippen molar-refractivity contribution in [2.75, 3.05) is 45.4 Å². The van der Waals surface area contributed by atoms with Crippen LogP contribution in [0, 0.1) is 17.0 Å². The molecule has 1 aromatic heterocycles. The van der Waals surface area contributed by atoms with Crippen LogP contribution in [0.5, 0.6) is 0 Å². The molecule has 5 aromatic carbocycles. The first-order valence-corrected chi connectivity index (χ1v) is 23.0. The van der Waals surface area contributed by atoms with Crippen molar-refractivity contribution in [3.63, 3.8) is 0 Å². The number of nitro benzene ring substituents is 1. The first-order chi connectivity index (χ1) is 30.0. The van der Waals surface area contributed by atoms with Crippen molar-refractivity contribution < 1.29 is 19.4 Å². The van der Waals surface area contributed by atoms with Crippen molar-refractivity contribution in [1.82, 2.24) is 9.88 Å². The molecule has 1 saturated heterocycles. The van der Waals surface area contributed by atoms with E-state index in [-0.39, 0.29) is 23.7 Å². The van der Waals surface area contributed by atoms with Gasteiger partial charge in [-0.2, -0.15) is 0 Å². The van der Waals surface area contributed by atoms with E-state index < -0.39 is 16.3 Å². The van der Waals surface area contributed by atoms with Gasteiger partial charge in [0.25, 0.3) is 11.6 Å². The highest BCUT2D eigenvalue weighted by Crippen LogP contribution is 2.41. The number of nitrogens with one attached hydrogen (secondary N) is 3. The third-order valence-electron chi connectivity index (χ3n) is 11.7. The normalized spacial score (nSPS) is 17.0. The highest BCUT2D eigenvalue weighted by Gasteiger charge is 2.29. The Labute approximate surface area is 373 Å². The van der Waals surface area contributed by atoms with Gasteiger partial charge >= 0.3 is 0 Å². The van der Waals surface area contributed by atoms with E-state index in [0.717, 1.165) is 83.4 Å². The fraction of sp³-hybridized carbons (Fsp3) is 0.255. The molecular weight excluding hydrogens is 842 g/mol. The highest BCUT2D eigenvalue weighted by molar-refractivity contribution is 8.00. The quantitative estimate of drug-likeness (QED) is 0.0382. The molecule has 12 nitrogen and oxygen atoms in total. The Morgan fingerprint density at radius 3 is 2.18 bits per heavy atom. The Balaban J connectivity index is 0.943. The lowest BCUT2D eigenvalue weighted by Crippen LogP contribution is -2.46. The van der Waals surface area contributed by atoms with Crippen LogP contribution >= 0.6 is 23.5 Å². The number of rotatable bonds is 13. The largest absolute Gasteiger partial charge is 0.588 e. The Morgan fingerprint density at radius 1 is 0.823 bits per heavy atom. The lowest BCUT2D eigenvalue weighted by Gasteiger charge is -2.37. The summed E-state index contributed by atoms with van der Waals surface area (Å²) in [5.74, 6) is -0.106. The number of piperazine rings is 1. The lowest BCUT2D eigenvalue weighted by atomic mass is 9.92. The SMILES string of the molecule is Cc1c(C(=O)NC2CCC(O)CC2)c(-c2cccc(N3CCN(c4ccc(N[S+]([O-])c5ccc(NSc6ccccc6)c([N+](=O)[O-])c5)cc4)CC3)c2)c(-c2ccc(Cl)cc2)n1C. The Bertz CT molecular complexity index is 2530. The summed E-state index contributed by atoms with van der Waals surface area (Å²) in [6.07, 6.45) is 2.56. The number of benzene rings is 5. The molecule has 1 amide bonds. The fourth-order valence-electron chi connectivity index (χ4n) is 8.24. The van der Waals surface area contributed by atoms with E-state index in [1.54, 1.807) is 12.1 Å². The third-order valence-corrected chi connectivity index (χ3v) is 13.9. The average molecular weight is 891 g/mol. The average Bonchev–Trinajstić information content (AvgIpc) is 3.56. The lowest BCUT2D eigenvalue weighted by molar-refractivity contribution is -0.384. The molecule has 62 heavy (non-hydrogen) atoms. The number of halogens is 1. The first kappa shape index (κ1) is 43.0. The van der Waals surface area contributed by atoms with Crippen LogP contribution in [0.4, 0.5) is 28.4 Å². The van der Waals surface area contributed by atoms with E-state index in [1.807, 2.05) is 92.8 Å². The predicted octanol–water partition coefficient (Wildman–Crippen LogP) is 9.84. The summed E-state index contributed by atoms with van der Waals surface area (Å²) in [5, 5.41) is 25.9. The number of aromatic nitrogens is 1. The summed E-state index contributed by atoms with van der Waals surface area (Å²) in [5.41, 5.74) is 8.15. The van der Waals surface area contributed by atoms with E-state index in [0.29, 0.717) is 39.7 Å². The van der Waals surface area contributed by atoms with Gasteiger partial charge in [0.05, 0.1) is 34.0 Å². The topological polar surface area (TPSA) is 151 Å². The molecule has 1 saturated carbocycles. The molecular formula is C47H48ClN7O5S2. The molecule has 0 radical (unpaired) electrons. The maximum Gasteiger partial charge on any atom is 0.298 e. The molecule has 2 fully saturated rings. The molecule has 1 aliphatic carbocycles. The number of hydrogen-bond acceptors (Lipinski definition) is 10.